The van der Waals surface area contributed by atoms with Crippen LogP contribution in [-0.2, 0) is 17.4 Å². The summed E-state index contributed by atoms with van der Waals surface area (Å²) in [6, 6.07) is 14.7. The van der Waals surface area contributed by atoms with Crippen molar-refractivity contribution in [1.29, 1.82) is 0 Å². The van der Waals surface area contributed by atoms with Crippen LogP contribution in [0.25, 0.3) is 0 Å². The Morgan fingerprint density at radius 1 is 1.07 bits per heavy atom. The lowest BCUT2D eigenvalue weighted by atomic mass is 10.1. The maximum atomic E-state index is 13.3. The summed E-state index contributed by atoms with van der Waals surface area (Å²) >= 11 is 6.09. The first-order valence-corrected chi connectivity index (χ1v) is 13.2. The number of benzene rings is 3. The Morgan fingerprint density at radius 3 is 2.44 bits per heavy atom. The minimum Gasteiger partial charge on any atom is -0.488 e. The van der Waals surface area contributed by atoms with Gasteiger partial charge in [-0.2, -0.15) is 13.2 Å². The Labute approximate surface area is 238 Å². The molecule has 2 aliphatic rings. The maximum Gasteiger partial charge on any atom is 0.423 e. The van der Waals surface area contributed by atoms with Gasteiger partial charge in [-0.3, -0.25) is 24.7 Å². The topological polar surface area (TPSA) is 97.2 Å². The highest BCUT2D eigenvalue weighted by Crippen LogP contribution is 2.38. The second-order valence-electron chi connectivity index (χ2n) is 9.81. The highest BCUT2D eigenvalue weighted by atomic mass is 35.5. The molecular weight excluding hydrogens is 565 g/mol. The molecule has 2 heterocycles. The molecule has 3 aromatic rings. The monoisotopic (exact) mass is 590 g/mol. The zero-order valence-electron chi connectivity index (χ0n) is 21.6. The van der Waals surface area contributed by atoms with Crippen LogP contribution in [0, 0.1) is 10.1 Å². The lowest BCUT2D eigenvalue weighted by molar-refractivity contribution is -0.388. The molecule has 2 atom stereocenters. The molecule has 0 bridgehead atoms. The molecule has 0 amide bonds. The Morgan fingerprint density at radius 2 is 1.78 bits per heavy atom. The number of carbonyl (C=O) groups excluding carboxylic acids is 1. The number of fused-ring (bicyclic) bond motifs is 1. The van der Waals surface area contributed by atoms with Gasteiger partial charge in [-0.15, -0.1) is 0 Å². The number of ether oxygens (including phenoxy) is 2. The molecule has 41 heavy (non-hydrogen) atoms. The third kappa shape index (κ3) is 6.89. The summed E-state index contributed by atoms with van der Waals surface area (Å²) in [5, 5.41) is 14.5. The van der Waals surface area contributed by atoms with Crippen LogP contribution in [0.15, 0.2) is 60.7 Å². The molecule has 0 radical (unpaired) electrons. The van der Waals surface area contributed by atoms with Gasteiger partial charge in [0.2, 0.25) is 6.23 Å². The first-order chi connectivity index (χ1) is 19.6. The molecule has 1 fully saturated rings. The van der Waals surface area contributed by atoms with E-state index in [1.165, 1.54) is 6.07 Å². The summed E-state index contributed by atoms with van der Waals surface area (Å²) in [7, 11) is 0. The number of nitrogens with zero attached hydrogens (tertiary/aromatic N) is 3. The number of nitro groups is 1. The van der Waals surface area contributed by atoms with Crippen molar-refractivity contribution in [1.82, 2.24) is 9.80 Å². The second kappa shape index (κ2) is 11.9. The number of alkyl halides is 3. The maximum absolute atomic E-state index is 13.3. The first-order valence-electron chi connectivity index (χ1n) is 12.9. The lowest BCUT2D eigenvalue weighted by Crippen LogP contribution is -2.54. The lowest BCUT2D eigenvalue weighted by Gasteiger charge is -2.37. The predicted octanol–water partition coefficient (Wildman–Crippen LogP) is 5.54. The summed E-state index contributed by atoms with van der Waals surface area (Å²) in [6.07, 6.45) is -4.09. The molecule has 13 heteroatoms. The van der Waals surface area contributed by atoms with E-state index in [1.54, 1.807) is 24.3 Å². The number of nitro benzene ring substituents is 1. The molecule has 1 N–H and O–H groups in total. The molecule has 216 valence electrons. The minimum absolute atomic E-state index is 0.0379. The average molecular weight is 591 g/mol. The number of hydrogen-bond acceptors (Lipinski definition) is 8. The van der Waals surface area contributed by atoms with E-state index in [1.807, 2.05) is 23.1 Å². The van der Waals surface area contributed by atoms with Crippen LogP contribution in [0.5, 0.6) is 11.5 Å². The normalized spacial score (nSPS) is 18.3. The van der Waals surface area contributed by atoms with Crippen molar-refractivity contribution in [2.24, 2.45) is 0 Å². The van der Waals surface area contributed by atoms with E-state index in [0.29, 0.717) is 35.6 Å². The fourth-order valence-corrected chi connectivity index (χ4v) is 5.19. The van der Waals surface area contributed by atoms with Crippen molar-refractivity contribution in [2.75, 3.05) is 38.0 Å². The molecule has 9 nitrogen and oxygen atoms in total. The molecule has 0 spiro atoms. The zero-order chi connectivity index (χ0) is 29.1. The van der Waals surface area contributed by atoms with Gasteiger partial charge in [-0.1, -0.05) is 11.6 Å². The summed E-state index contributed by atoms with van der Waals surface area (Å²) in [4.78, 5) is 26.0. The number of nitrogens with one attached hydrogen (secondary N) is 1. The molecule has 0 aromatic heterocycles. The number of hydrogen-bond donors (Lipinski definition) is 1. The highest BCUT2D eigenvalue weighted by Gasteiger charge is 2.38. The number of piperazine rings is 1. The van der Waals surface area contributed by atoms with Crippen LogP contribution in [0.1, 0.15) is 11.1 Å². The van der Waals surface area contributed by atoms with Crippen LogP contribution in [-0.4, -0.2) is 66.1 Å². The third-order valence-corrected chi connectivity index (χ3v) is 7.24. The molecule has 2 aliphatic heterocycles. The number of halogens is 4. The standard InChI is InChI=1S/C28H26ClF3N4O5/c29-19-1-8-26-18(13-19)14-23(40-26)16-34-9-11-35(12-10-34)27(17-37)41-22-5-2-20(3-6-22)33-21-4-7-25(36(38)39)24(15-21)28(30,31)32/h1-8,13,15,17,23,27,33H,9-12,14,16H2. The van der Waals surface area contributed by atoms with E-state index in [2.05, 4.69) is 10.2 Å². The molecule has 3 aromatic carbocycles. The van der Waals surface area contributed by atoms with Crippen LogP contribution in [0.4, 0.5) is 30.2 Å². The third-order valence-electron chi connectivity index (χ3n) is 7.01. The van der Waals surface area contributed by atoms with Gasteiger partial charge in [-0.25, -0.2) is 0 Å². The molecule has 0 saturated carbocycles. The number of aldehydes is 1. The van der Waals surface area contributed by atoms with Gasteiger partial charge in [0.05, 0.1) is 4.92 Å². The fourth-order valence-electron chi connectivity index (χ4n) is 4.99. The molecule has 1 saturated heterocycles. The summed E-state index contributed by atoms with van der Waals surface area (Å²) < 4.78 is 51.7. The summed E-state index contributed by atoms with van der Waals surface area (Å²) in [6.45, 7) is 3.48. The van der Waals surface area contributed by atoms with Gasteiger partial charge in [0.25, 0.3) is 5.69 Å². The van der Waals surface area contributed by atoms with E-state index >= 15 is 0 Å². The molecule has 0 aliphatic carbocycles. The van der Waals surface area contributed by atoms with Gasteiger partial charge in [-0.05, 0) is 60.2 Å². The van der Waals surface area contributed by atoms with Gasteiger partial charge in [0.1, 0.15) is 23.2 Å². The van der Waals surface area contributed by atoms with E-state index < -0.39 is 28.6 Å². The average Bonchev–Trinajstić information content (AvgIpc) is 3.34. The Bertz CT molecular complexity index is 1410. The van der Waals surface area contributed by atoms with Crippen molar-refractivity contribution in [2.45, 2.75) is 24.9 Å². The molecular formula is C28H26ClF3N4O5. The minimum atomic E-state index is -4.88. The van der Waals surface area contributed by atoms with Crippen LogP contribution in [0.2, 0.25) is 5.02 Å². The van der Waals surface area contributed by atoms with Crippen molar-refractivity contribution < 1.29 is 32.4 Å². The zero-order valence-corrected chi connectivity index (χ0v) is 22.4. The Balaban J connectivity index is 1.13. The van der Waals surface area contributed by atoms with E-state index in [9.17, 15) is 28.1 Å². The smallest absolute Gasteiger partial charge is 0.423 e. The predicted molar refractivity (Wildman–Crippen MR) is 146 cm³/mol. The summed E-state index contributed by atoms with van der Waals surface area (Å²) in [5.74, 6) is 1.28. The highest BCUT2D eigenvalue weighted by molar-refractivity contribution is 6.30. The van der Waals surface area contributed by atoms with Gasteiger partial charge in [0.15, 0.2) is 6.29 Å². The van der Waals surface area contributed by atoms with Crippen molar-refractivity contribution >= 4 is 34.9 Å². The van der Waals surface area contributed by atoms with E-state index in [4.69, 9.17) is 21.1 Å². The van der Waals surface area contributed by atoms with Gasteiger partial charge >= 0.3 is 6.18 Å². The van der Waals surface area contributed by atoms with Crippen LogP contribution < -0.4 is 14.8 Å². The van der Waals surface area contributed by atoms with Gasteiger partial charge < -0.3 is 14.8 Å². The van der Waals surface area contributed by atoms with Crippen molar-refractivity contribution in [3.63, 3.8) is 0 Å². The quantitative estimate of drug-likeness (QED) is 0.197. The number of rotatable bonds is 9. The second-order valence-corrected chi connectivity index (χ2v) is 10.2. The first kappa shape index (κ1) is 28.7. The van der Waals surface area contributed by atoms with E-state index in [-0.39, 0.29) is 11.8 Å². The fraction of sp³-hybridized carbons (Fsp3) is 0.321. The SMILES string of the molecule is O=CC(Oc1ccc(Nc2ccc([N+](=O)[O-])c(C(F)(F)F)c2)cc1)N1CCN(CC2Cc3cc(Cl)ccc3O2)CC1. The van der Waals surface area contributed by atoms with Crippen molar-refractivity contribution in [3.8, 4) is 11.5 Å². The molecule has 2 unspecified atom stereocenters. The summed E-state index contributed by atoms with van der Waals surface area (Å²) in [5.41, 5.74) is -0.775. The Hall–Kier alpha value is -3.87. The largest absolute Gasteiger partial charge is 0.488 e. The van der Waals surface area contributed by atoms with Crippen molar-refractivity contribution in [3.05, 3.63) is 86.9 Å². The van der Waals surface area contributed by atoms with Crippen LogP contribution >= 0.6 is 11.6 Å². The van der Waals surface area contributed by atoms with Gasteiger partial charge in [0, 0.05) is 61.6 Å². The molecule has 5 rings (SSSR count). The number of anilines is 2. The Kier molecular flexibility index (Phi) is 8.34. The number of carbonyl (C=O) groups is 1. The van der Waals surface area contributed by atoms with E-state index in [0.717, 1.165) is 49.7 Å². The van der Waals surface area contributed by atoms with Crippen LogP contribution in [0.3, 0.4) is 0 Å².